The summed E-state index contributed by atoms with van der Waals surface area (Å²) in [6.07, 6.45) is 5.10. The lowest BCUT2D eigenvalue weighted by Gasteiger charge is -2.24. The van der Waals surface area contributed by atoms with Gasteiger partial charge in [-0.3, -0.25) is 9.89 Å². The number of nitrogens with one attached hydrogen (secondary N) is 2. The average molecular weight is 370 g/mol. The minimum absolute atomic E-state index is 0.0528. The number of alkyl carbamates (subject to hydrolysis) is 1. The molecular formula is C19H39N5O2. The molecule has 1 amide bonds. The summed E-state index contributed by atoms with van der Waals surface area (Å²) in [5, 5.41) is 6.09. The average Bonchev–Trinajstić information content (AvgIpc) is 3.01. The van der Waals surface area contributed by atoms with Crippen molar-refractivity contribution in [3.8, 4) is 0 Å². The van der Waals surface area contributed by atoms with Crippen molar-refractivity contribution in [2.75, 3.05) is 26.2 Å². The summed E-state index contributed by atoms with van der Waals surface area (Å²) in [5.74, 6) is 0.458. The summed E-state index contributed by atoms with van der Waals surface area (Å²) in [5.41, 5.74) is 5.60. The van der Waals surface area contributed by atoms with Crippen molar-refractivity contribution < 1.29 is 9.53 Å². The Kier molecular flexibility index (Phi) is 9.76. The Morgan fingerprint density at radius 3 is 2.73 bits per heavy atom. The van der Waals surface area contributed by atoms with Gasteiger partial charge in [-0.1, -0.05) is 26.7 Å². The predicted octanol–water partition coefficient (Wildman–Crippen LogP) is 2.46. The molecular weight excluding hydrogens is 330 g/mol. The summed E-state index contributed by atoms with van der Waals surface area (Å²) in [6, 6.07) is 0.548. The van der Waals surface area contributed by atoms with Crippen LogP contribution in [0.5, 0.6) is 0 Å². The number of aliphatic imine (C=N–C) groups is 1. The number of likely N-dealkylation sites (N-methyl/N-ethyl adjacent to an activating group) is 1. The number of unbranched alkanes of at least 4 members (excludes halogenated alkanes) is 1. The van der Waals surface area contributed by atoms with Crippen LogP contribution in [0.4, 0.5) is 4.79 Å². The molecule has 0 radical (unpaired) electrons. The van der Waals surface area contributed by atoms with Crippen molar-refractivity contribution in [3.63, 3.8) is 0 Å². The highest BCUT2D eigenvalue weighted by Gasteiger charge is 2.22. The van der Waals surface area contributed by atoms with Gasteiger partial charge < -0.3 is 21.1 Å². The van der Waals surface area contributed by atoms with Gasteiger partial charge in [0.25, 0.3) is 0 Å². The van der Waals surface area contributed by atoms with Gasteiger partial charge in [0.1, 0.15) is 5.60 Å². The van der Waals surface area contributed by atoms with E-state index < -0.39 is 11.7 Å². The molecule has 1 heterocycles. The lowest BCUT2D eigenvalue weighted by atomic mass is 10.1. The first-order chi connectivity index (χ1) is 12.2. The van der Waals surface area contributed by atoms with E-state index in [0.29, 0.717) is 18.5 Å². The summed E-state index contributed by atoms with van der Waals surface area (Å²) in [4.78, 5) is 18.9. The minimum atomic E-state index is -0.497. The third kappa shape index (κ3) is 9.27. The largest absolute Gasteiger partial charge is 0.444 e. The fourth-order valence-electron chi connectivity index (χ4n) is 3.17. The van der Waals surface area contributed by atoms with Gasteiger partial charge in [0.15, 0.2) is 5.96 Å². The van der Waals surface area contributed by atoms with E-state index in [4.69, 9.17) is 10.5 Å². The van der Waals surface area contributed by atoms with Gasteiger partial charge in [0, 0.05) is 18.6 Å². The number of likely N-dealkylation sites (tertiary alicyclic amines) is 1. The highest BCUT2D eigenvalue weighted by atomic mass is 16.6. The van der Waals surface area contributed by atoms with E-state index >= 15 is 0 Å². The molecule has 0 aromatic rings. The lowest BCUT2D eigenvalue weighted by Crippen LogP contribution is -2.47. The monoisotopic (exact) mass is 369 g/mol. The molecule has 0 aliphatic carbocycles. The molecule has 0 spiro atoms. The van der Waals surface area contributed by atoms with Gasteiger partial charge in [0.05, 0.1) is 6.54 Å². The van der Waals surface area contributed by atoms with Crippen LogP contribution >= 0.6 is 0 Å². The van der Waals surface area contributed by atoms with Crippen molar-refractivity contribution in [2.45, 2.75) is 84.4 Å². The van der Waals surface area contributed by atoms with Crippen molar-refractivity contribution in [1.29, 1.82) is 0 Å². The summed E-state index contributed by atoms with van der Waals surface area (Å²) < 4.78 is 5.29. The van der Waals surface area contributed by atoms with Crippen molar-refractivity contribution >= 4 is 12.1 Å². The van der Waals surface area contributed by atoms with Crippen LogP contribution in [0.2, 0.25) is 0 Å². The molecule has 1 fully saturated rings. The maximum Gasteiger partial charge on any atom is 0.407 e. The van der Waals surface area contributed by atoms with Crippen LogP contribution in [-0.2, 0) is 4.74 Å². The Labute approximate surface area is 159 Å². The van der Waals surface area contributed by atoms with Gasteiger partial charge in [-0.25, -0.2) is 4.79 Å². The molecule has 26 heavy (non-hydrogen) atoms. The van der Waals surface area contributed by atoms with E-state index in [1.54, 1.807) is 0 Å². The molecule has 4 N–H and O–H groups in total. The van der Waals surface area contributed by atoms with Crippen LogP contribution in [0.1, 0.15) is 66.7 Å². The number of guanidine groups is 1. The van der Waals surface area contributed by atoms with E-state index in [1.807, 2.05) is 20.8 Å². The smallest absolute Gasteiger partial charge is 0.407 e. The molecule has 1 aliphatic heterocycles. The molecule has 7 heteroatoms. The summed E-state index contributed by atoms with van der Waals surface area (Å²) in [7, 11) is 0. The standard InChI is InChI=1S/C19H39N5O2/c1-6-8-10-15(13-22-18(25)26-19(3,4)5)23-17(20)21-14-16-11-9-12-24(16)7-2/h15-16H,6-14H2,1-5H3,(H,22,25)(H3,20,21,23). The molecule has 2 atom stereocenters. The summed E-state index contributed by atoms with van der Waals surface area (Å²) >= 11 is 0. The van der Waals surface area contributed by atoms with Crippen LogP contribution in [0.25, 0.3) is 0 Å². The van der Waals surface area contributed by atoms with Gasteiger partial charge in [-0.05, 0) is 53.1 Å². The van der Waals surface area contributed by atoms with E-state index in [2.05, 4.69) is 34.4 Å². The molecule has 0 bridgehead atoms. The van der Waals surface area contributed by atoms with Crippen molar-refractivity contribution in [1.82, 2.24) is 15.5 Å². The molecule has 0 aromatic heterocycles. The molecule has 1 saturated heterocycles. The van der Waals surface area contributed by atoms with Crippen LogP contribution in [0, 0.1) is 0 Å². The molecule has 7 nitrogen and oxygen atoms in total. The fraction of sp³-hybridized carbons (Fsp3) is 0.895. The fourth-order valence-corrected chi connectivity index (χ4v) is 3.17. The van der Waals surface area contributed by atoms with E-state index in [1.165, 1.54) is 12.8 Å². The van der Waals surface area contributed by atoms with Gasteiger partial charge in [-0.2, -0.15) is 0 Å². The van der Waals surface area contributed by atoms with Crippen molar-refractivity contribution in [3.05, 3.63) is 0 Å². The van der Waals surface area contributed by atoms with E-state index in [9.17, 15) is 4.79 Å². The molecule has 1 aliphatic rings. The SMILES string of the molecule is CCCCC(CNC(=O)OC(C)(C)C)NC(N)=NCC1CCCN1CC. The Balaban J connectivity index is 2.48. The first-order valence-corrected chi connectivity index (χ1v) is 10.0. The zero-order valence-corrected chi connectivity index (χ0v) is 17.3. The Morgan fingerprint density at radius 2 is 2.12 bits per heavy atom. The van der Waals surface area contributed by atoms with Crippen LogP contribution in [-0.4, -0.2) is 60.8 Å². The van der Waals surface area contributed by atoms with E-state index in [-0.39, 0.29) is 6.04 Å². The highest BCUT2D eigenvalue weighted by Crippen LogP contribution is 2.16. The second-order valence-electron chi connectivity index (χ2n) is 8.02. The number of carbonyl (C=O) groups excluding carboxylic acids is 1. The first kappa shape index (κ1) is 22.5. The Bertz CT molecular complexity index is 448. The van der Waals surface area contributed by atoms with Gasteiger partial charge >= 0.3 is 6.09 Å². The quantitative estimate of drug-likeness (QED) is 0.429. The molecule has 2 unspecified atom stereocenters. The second-order valence-corrected chi connectivity index (χ2v) is 8.02. The number of nitrogens with two attached hydrogens (primary N) is 1. The van der Waals surface area contributed by atoms with Crippen molar-refractivity contribution in [2.24, 2.45) is 10.7 Å². The van der Waals surface area contributed by atoms with Gasteiger partial charge in [0.2, 0.25) is 0 Å². The third-order valence-electron chi connectivity index (χ3n) is 4.53. The first-order valence-electron chi connectivity index (χ1n) is 10.0. The van der Waals surface area contributed by atoms with Crippen LogP contribution in [0.3, 0.4) is 0 Å². The normalized spacial score (nSPS) is 20.0. The number of carbonyl (C=O) groups is 1. The zero-order chi connectivity index (χ0) is 19.6. The maximum absolute atomic E-state index is 11.9. The number of nitrogens with zero attached hydrogens (tertiary/aromatic N) is 2. The second kappa shape index (κ2) is 11.3. The molecule has 0 aromatic carbocycles. The number of rotatable bonds is 9. The highest BCUT2D eigenvalue weighted by molar-refractivity contribution is 5.78. The van der Waals surface area contributed by atoms with Crippen LogP contribution in [0.15, 0.2) is 4.99 Å². The molecule has 0 saturated carbocycles. The summed E-state index contributed by atoms with van der Waals surface area (Å²) in [6.45, 7) is 13.3. The van der Waals surface area contributed by atoms with Gasteiger partial charge in [-0.15, -0.1) is 0 Å². The van der Waals surface area contributed by atoms with E-state index in [0.717, 1.165) is 38.9 Å². The third-order valence-corrected chi connectivity index (χ3v) is 4.53. The number of amides is 1. The lowest BCUT2D eigenvalue weighted by molar-refractivity contribution is 0.0523. The number of hydrogen-bond donors (Lipinski definition) is 3. The minimum Gasteiger partial charge on any atom is -0.444 e. The van der Waals surface area contributed by atoms with Crippen LogP contribution < -0.4 is 16.4 Å². The maximum atomic E-state index is 11.9. The Morgan fingerprint density at radius 1 is 1.38 bits per heavy atom. The number of hydrogen-bond acceptors (Lipinski definition) is 4. The zero-order valence-electron chi connectivity index (χ0n) is 17.3. The molecule has 152 valence electrons. The molecule has 1 rings (SSSR count). The Hall–Kier alpha value is -1.50. The predicted molar refractivity (Wildman–Crippen MR) is 107 cm³/mol. The number of ether oxygens (including phenoxy) is 1. The topological polar surface area (TPSA) is 92.0 Å².